The van der Waals surface area contributed by atoms with Crippen molar-refractivity contribution in [3.05, 3.63) is 53.3 Å². The second kappa shape index (κ2) is 5.70. The number of hydrogen-bond donors (Lipinski definition) is 2. The largest absolute Gasteiger partial charge is 0.346 e. The number of hydrogen-bond acceptors (Lipinski definition) is 4. The van der Waals surface area contributed by atoms with Gasteiger partial charge in [0, 0.05) is 23.9 Å². The van der Waals surface area contributed by atoms with Crippen LogP contribution in [-0.2, 0) is 17.8 Å². The Balaban J connectivity index is 1.69. The summed E-state index contributed by atoms with van der Waals surface area (Å²) >= 11 is 0. The van der Waals surface area contributed by atoms with Gasteiger partial charge in [0.15, 0.2) is 0 Å². The van der Waals surface area contributed by atoms with Crippen molar-refractivity contribution in [2.75, 3.05) is 5.32 Å². The van der Waals surface area contributed by atoms with Crippen molar-refractivity contribution in [2.24, 2.45) is 0 Å². The maximum atomic E-state index is 12.1. The first kappa shape index (κ1) is 13.2. The molecular weight excluding hydrogens is 268 g/mol. The van der Waals surface area contributed by atoms with Gasteiger partial charge in [0.05, 0.1) is 12.2 Å². The van der Waals surface area contributed by atoms with Crippen molar-refractivity contribution < 1.29 is 9.59 Å². The molecule has 1 aromatic heterocycles. The first-order valence-corrected chi connectivity index (χ1v) is 6.70. The average molecular weight is 282 g/mol. The molecule has 0 spiro atoms. The van der Waals surface area contributed by atoms with Crippen molar-refractivity contribution in [3.63, 3.8) is 0 Å². The molecule has 0 aliphatic carbocycles. The lowest BCUT2D eigenvalue weighted by molar-refractivity contribution is -0.116. The number of benzene rings is 1. The third kappa shape index (κ3) is 3.05. The van der Waals surface area contributed by atoms with Gasteiger partial charge >= 0.3 is 0 Å². The molecule has 0 bridgehead atoms. The molecule has 21 heavy (non-hydrogen) atoms. The fourth-order valence-corrected chi connectivity index (χ4v) is 2.23. The highest BCUT2D eigenvalue weighted by Gasteiger charge is 2.16. The molecule has 0 radical (unpaired) electrons. The molecule has 3 rings (SSSR count). The molecule has 0 fully saturated rings. The lowest BCUT2D eigenvalue weighted by atomic mass is 10.00. The maximum absolute atomic E-state index is 12.1. The van der Waals surface area contributed by atoms with Gasteiger partial charge in [-0.05, 0) is 42.3 Å². The fraction of sp³-hybridized carbons (Fsp3) is 0.200. The van der Waals surface area contributed by atoms with Crippen molar-refractivity contribution in [1.82, 2.24) is 15.5 Å². The molecule has 106 valence electrons. The predicted octanol–water partition coefficient (Wildman–Crippen LogP) is 1.29. The molecule has 0 saturated heterocycles. The molecule has 0 unspecified atom stereocenters. The average Bonchev–Trinajstić information content (AvgIpc) is 2.53. The quantitative estimate of drug-likeness (QED) is 0.888. The van der Waals surface area contributed by atoms with Crippen LogP contribution in [0.15, 0.2) is 36.5 Å². The van der Waals surface area contributed by atoms with E-state index in [1.54, 1.807) is 30.5 Å². The van der Waals surface area contributed by atoms with Crippen molar-refractivity contribution in [1.29, 1.82) is 0 Å². The highest BCUT2D eigenvalue weighted by Crippen LogP contribution is 2.23. The molecule has 1 aliphatic rings. The normalized spacial score (nSPS) is 13.2. The third-order valence-electron chi connectivity index (χ3n) is 3.32. The third-order valence-corrected chi connectivity index (χ3v) is 3.32. The standard InChI is InChI=1S/C15H14N4O2/c20-14-6-4-10-8-11(3-5-13(10)18-14)15(21)16-9-12-2-1-7-17-19-12/h1-3,5,7-8H,4,6,9H2,(H,16,21)(H,18,20). The number of carbonyl (C=O) groups excluding carboxylic acids is 2. The van der Waals surface area contributed by atoms with Gasteiger partial charge in [0.2, 0.25) is 5.91 Å². The van der Waals surface area contributed by atoms with E-state index in [4.69, 9.17) is 0 Å². The van der Waals surface area contributed by atoms with Crippen LogP contribution in [0.3, 0.4) is 0 Å². The summed E-state index contributed by atoms with van der Waals surface area (Å²) in [6.07, 6.45) is 2.70. The smallest absolute Gasteiger partial charge is 0.251 e. The molecule has 1 aliphatic heterocycles. The number of carbonyl (C=O) groups is 2. The number of amides is 2. The number of rotatable bonds is 3. The Morgan fingerprint density at radius 3 is 3.00 bits per heavy atom. The molecule has 6 nitrogen and oxygen atoms in total. The topological polar surface area (TPSA) is 84.0 Å². The highest BCUT2D eigenvalue weighted by molar-refractivity contribution is 5.97. The van der Waals surface area contributed by atoms with Crippen molar-refractivity contribution in [2.45, 2.75) is 19.4 Å². The van der Waals surface area contributed by atoms with E-state index in [1.165, 1.54) is 0 Å². The predicted molar refractivity (Wildman–Crippen MR) is 76.6 cm³/mol. The second-order valence-corrected chi connectivity index (χ2v) is 4.82. The minimum Gasteiger partial charge on any atom is -0.346 e. The summed E-state index contributed by atoms with van der Waals surface area (Å²) in [7, 11) is 0. The van der Waals surface area contributed by atoms with Crippen LogP contribution >= 0.6 is 0 Å². The summed E-state index contributed by atoms with van der Waals surface area (Å²) in [5, 5.41) is 13.3. The zero-order chi connectivity index (χ0) is 14.7. The van der Waals surface area contributed by atoms with E-state index in [0.717, 1.165) is 11.3 Å². The van der Waals surface area contributed by atoms with E-state index >= 15 is 0 Å². The van der Waals surface area contributed by atoms with Gasteiger partial charge in [-0.15, -0.1) is 0 Å². The SMILES string of the molecule is O=C1CCc2cc(C(=O)NCc3cccnn3)ccc2N1. The van der Waals surface area contributed by atoms with Crippen LogP contribution in [0.5, 0.6) is 0 Å². The Labute approximate surface area is 121 Å². The summed E-state index contributed by atoms with van der Waals surface area (Å²) in [6, 6.07) is 8.87. The van der Waals surface area contributed by atoms with Gasteiger partial charge in [0.25, 0.3) is 5.91 Å². The van der Waals surface area contributed by atoms with Gasteiger partial charge in [-0.3, -0.25) is 9.59 Å². The van der Waals surface area contributed by atoms with E-state index in [2.05, 4.69) is 20.8 Å². The summed E-state index contributed by atoms with van der Waals surface area (Å²) in [5.41, 5.74) is 3.06. The van der Waals surface area contributed by atoms with Crippen LogP contribution in [0.2, 0.25) is 0 Å². The molecule has 2 N–H and O–H groups in total. The molecule has 6 heteroatoms. The number of aryl methyl sites for hydroxylation is 1. The van der Waals surface area contributed by atoms with Crippen LogP contribution in [0.25, 0.3) is 0 Å². The van der Waals surface area contributed by atoms with Crippen molar-refractivity contribution >= 4 is 17.5 Å². The molecule has 2 amide bonds. The van der Waals surface area contributed by atoms with Crippen LogP contribution in [0.4, 0.5) is 5.69 Å². The van der Waals surface area contributed by atoms with Gasteiger partial charge in [-0.25, -0.2) is 0 Å². The summed E-state index contributed by atoms with van der Waals surface area (Å²) in [6.45, 7) is 0.334. The minimum absolute atomic E-state index is 0.0161. The Bertz CT molecular complexity index is 685. The number of anilines is 1. The molecular formula is C15H14N4O2. The van der Waals surface area contributed by atoms with E-state index in [-0.39, 0.29) is 11.8 Å². The Morgan fingerprint density at radius 1 is 1.29 bits per heavy atom. The first-order valence-electron chi connectivity index (χ1n) is 6.70. The minimum atomic E-state index is -0.166. The zero-order valence-electron chi connectivity index (χ0n) is 11.3. The van der Waals surface area contributed by atoms with Gasteiger partial charge < -0.3 is 10.6 Å². The van der Waals surface area contributed by atoms with E-state index in [0.29, 0.717) is 30.6 Å². The Hall–Kier alpha value is -2.76. The Kier molecular flexibility index (Phi) is 3.59. The van der Waals surface area contributed by atoms with Crippen LogP contribution in [-0.4, -0.2) is 22.0 Å². The number of aromatic nitrogens is 2. The number of nitrogens with zero attached hydrogens (tertiary/aromatic N) is 2. The highest BCUT2D eigenvalue weighted by atomic mass is 16.2. The number of nitrogens with one attached hydrogen (secondary N) is 2. The van der Waals surface area contributed by atoms with Crippen LogP contribution < -0.4 is 10.6 Å². The number of fused-ring (bicyclic) bond motifs is 1. The molecule has 0 saturated carbocycles. The van der Waals surface area contributed by atoms with E-state index in [1.807, 2.05) is 6.07 Å². The fourth-order valence-electron chi connectivity index (χ4n) is 2.23. The Morgan fingerprint density at radius 2 is 2.19 bits per heavy atom. The zero-order valence-corrected chi connectivity index (χ0v) is 11.3. The summed E-state index contributed by atoms with van der Waals surface area (Å²) in [4.78, 5) is 23.4. The van der Waals surface area contributed by atoms with E-state index < -0.39 is 0 Å². The van der Waals surface area contributed by atoms with Gasteiger partial charge in [-0.1, -0.05) is 0 Å². The van der Waals surface area contributed by atoms with Crippen LogP contribution in [0, 0.1) is 0 Å². The maximum Gasteiger partial charge on any atom is 0.251 e. The summed E-state index contributed by atoms with van der Waals surface area (Å²) < 4.78 is 0. The first-order chi connectivity index (χ1) is 10.2. The van der Waals surface area contributed by atoms with E-state index in [9.17, 15) is 9.59 Å². The summed E-state index contributed by atoms with van der Waals surface area (Å²) in [5.74, 6) is -0.150. The van der Waals surface area contributed by atoms with Gasteiger partial charge in [-0.2, -0.15) is 10.2 Å². The molecule has 2 aromatic rings. The van der Waals surface area contributed by atoms with Crippen molar-refractivity contribution in [3.8, 4) is 0 Å². The second-order valence-electron chi connectivity index (χ2n) is 4.82. The van der Waals surface area contributed by atoms with Gasteiger partial charge in [0.1, 0.15) is 0 Å². The lowest BCUT2D eigenvalue weighted by Crippen LogP contribution is -2.24. The molecule has 0 atom stereocenters. The molecule has 1 aromatic carbocycles. The lowest BCUT2D eigenvalue weighted by Gasteiger charge is -2.17. The molecule has 2 heterocycles. The monoisotopic (exact) mass is 282 g/mol. The van der Waals surface area contributed by atoms with Crippen LogP contribution in [0.1, 0.15) is 28.0 Å².